The summed E-state index contributed by atoms with van der Waals surface area (Å²) in [5, 5.41) is 0. The first-order chi connectivity index (χ1) is 13.3. The minimum atomic E-state index is 0.587. The lowest BCUT2D eigenvalue weighted by molar-refractivity contribution is 0.171. The highest BCUT2D eigenvalue weighted by Crippen LogP contribution is 2.34. The van der Waals surface area contributed by atoms with E-state index in [4.69, 9.17) is 9.47 Å². The number of ether oxygens (including phenoxy) is 2. The summed E-state index contributed by atoms with van der Waals surface area (Å²) in [7, 11) is 2.02. The molecule has 1 aromatic heterocycles. The van der Waals surface area contributed by atoms with Gasteiger partial charge in [0.15, 0.2) is 11.5 Å². The third kappa shape index (κ3) is 4.14. The first-order valence-corrected chi connectivity index (χ1v) is 9.12. The van der Waals surface area contributed by atoms with Crippen molar-refractivity contribution in [3.63, 3.8) is 0 Å². The van der Waals surface area contributed by atoms with Crippen LogP contribution >= 0.6 is 0 Å². The number of imidazole rings is 1. The minimum absolute atomic E-state index is 0.587. The maximum atomic E-state index is 5.76. The molecule has 0 N–H and O–H groups in total. The Kier molecular flexibility index (Phi) is 5.10. The fraction of sp³-hybridized carbons (Fsp3) is 0.227. The fourth-order valence-electron chi connectivity index (χ4n) is 3.09. The van der Waals surface area contributed by atoms with Gasteiger partial charge in [0.2, 0.25) is 0 Å². The number of nitrogens with zero attached hydrogens (tertiary/aromatic N) is 3. The standard InChI is InChI=1S/C22H23N3O2/c1-24-13-11-23-22(24)17-25(12-5-8-18-6-3-2-4-7-18)19-9-10-20-21(16-19)27-15-14-26-20/h2-11,13,16H,12,14-15,17H2,1H3/b8-5+. The van der Waals surface area contributed by atoms with E-state index < -0.39 is 0 Å². The molecule has 0 fully saturated rings. The lowest BCUT2D eigenvalue weighted by Crippen LogP contribution is -2.25. The lowest BCUT2D eigenvalue weighted by Gasteiger charge is -2.26. The second-order valence-electron chi connectivity index (χ2n) is 6.48. The minimum Gasteiger partial charge on any atom is -0.486 e. The van der Waals surface area contributed by atoms with Crippen molar-refractivity contribution in [2.75, 3.05) is 24.7 Å². The van der Waals surface area contributed by atoms with Gasteiger partial charge < -0.3 is 18.9 Å². The van der Waals surface area contributed by atoms with E-state index in [0.717, 1.165) is 29.6 Å². The van der Waals surface area contributed by atoms with Crippen molar-refractivity contribution in [2.45, 2.75) is 6.54 Å². The Morgan fingerprint density at radius 2 is 1.89 bits per heavy atom. The molecule has 0 unspecified atom stereocenters. The van der Waals surface area contributed by atoms with Gasteiger partial charge in [-0.2, -0.15) is 0 Å². The van der Waals surface area contributed by atoms with Crippen LogP contribution in [-0.4, -0.2) is 29.3 Å². The summed E-state index contributed by atoms with van der Waals surface area (Å²) >= 11 is 0. The highest BCUT2D eigenvalue weighted by molar-refractivity contribution is 5.58. The zero-order valence-electron chi connectivity index (χ0n) is 15.4. The Morgan fingerprint density at radius 3 is 2.67 bits per heavy atom. The van der Waals surface area contributed by atoms with E-state index in [1.165, 1.54) is 5.56 Å². The molecule has 2 aromatic carbocycles. The molecule has 0 aliphatic carbocycles. The molecule has 27 heavy (non-hydrogen) atoms. The number of anilines is 1. The summed E-state index contributed by atoms with van der Waals surface area (Å²) in [4.78, 5) is 6.75. The van der Waals surface area contributed by atoms with Gasteiger partial charge in [-0.3, -0.25) is 0 Å². The molecule has 138 valence electrons. The third-order valence-electron chi connectivity index (χ3n) is 4.58. The van der Waals surface area contributed by atoms with E-state index in [1.807, 2.05) is 54.3 Å². The zero-order valence-corrected chi connectivity index (χ0v) is 15.4. The highest BCUT2D eigenvalue weighted by Gasteiger charge is 2.15. The number of fused-ring (bicyclic) bond motifs is 1. The summed E-state index contributed by atoms with van der Waals surface area (Å²) < 4.78 is 13.5. The van der Waals surface area contributed by atoms with Crippen LogP contribution in [0.3, 0.4) is 0 Å². The molecule has 2 heterocycles. The molecule has 0 amide bonds. The van der Waals surface area contributed by atoms with Crippen LogP contribution in [0.5, 0.6) is 11.5 Å². The Balaban J connectivity index is 1.57. The van der Waals surface area contributed by atoms with Gasteiger partial charge in [-0.15, -0.1) is 0 Å². The van der Waals surface area contributed by atoms with E-state index in [9.17, 15) is 0 Å². The summed E-state index contributed by atoms with van der Waals surface area (Å²) in [5.74, 6) is 2.62. The Bertz CT molecular complexity index is 918. The van der Waals surface area contributed by atoms with Gasteiger partial charge in [0.25, 0.3) is 0 Å². The Morgan fingerprint density at radius 1 is 1.07 bits per heavy atom. The number of aryl methyl sites for hydroxylation is 1. The number of benzene rings is 2. The maximum absolute atomic E-state index is 5.76. The Labute approximate surface area is 159 Å². The van der Waals surface area contributed by atoms with Crippen molar-refractivity contribution >= 4 is 11.8 Å². The van der Waals surface area contributed by atoms with Crippen molar-refractivity contribution < 1.29 is 9.47 Å². The van der Waals surface area contributed by atoms with Gasteiger partial charge in [0, 0.05) is 37.7 Å². The van der Waals surface area contributed by atoms with E-state index in [0.29, 0.717) is 19.8 Å². The van der Waals surface area contributed by atoms with E-state index in [2.05, 4.69) is 40.2 Å². The molecule has 3 aromatic rings. The summed E-state index contributed by atoms with van der Waals surface area (Å²) in [5.41, 5.74) is 2.27. The van der Waals surface area contributed by atoms with Crippen LogP contribution in [0.25, 0.3) is 6.08 Å². The highest BCUT2D eigenvalue weighted by atomic mass is 16.6. The van der Waals surface area contributed by atoms with Crippen LogP contribution in [0.1, 0.15) is 11.4 Å². The normalized spacial score (nSPS) is 13.1. The molecule has 0 saturated heterocycles. The van der Waals surface area contributed by atoms with Crippen molar-refractivity contribution in [3.8, 4) is 11.5 Å². The van der Waals surface area contributed by atoms with Gasteiger partial charge in [-0.25, -0.2) is 4.98 Å². The monoisotopic (exact) mass is 361 g/mol. The van der Waals surface area contributed by atoms with Crippen molar-refractivity contribution in [1.29, 1.82) is 0 Å². The molecule has 0 atom stereocenters. The number of hydrogen-bond donors (Lipinski definition) is 0. The molecule has 0 radical (unpaired) electrons. The summed E-state index contributed by atoms with van der Waals surface area (Å²) in [6.07, 6.45) is 8.12. The first-order valence-electron chi connectivity index (χ1n) is 9.12. The predicted octanol–water partition coefficient (Wildman–Crippen LogP) is 3.91. The van der Waals surface area contributed by atoms with Gasteiger partial charge >= 0.3 is 0 Å². The number of rotatable bonds is 6. The number of hydrogen-bond acceptors (Lipinski definition) is 4. The van der Waals surface area contributed by atoms with Crippen LogP contribution < -0.4 is 14.4 Å². The second-order valence-corrected chi connectivity index (χ2v) is 6.48. The second kappa shape index (κ2) is 7.99. The molecular weight excluding hydrogens is 338 g/mol. The predicted molar refractivity (Wildman–Crippen MR) is 107 cm³/mol. The van der Waals surface area contributed by atoms with Crippen molar-refractivity contribution in [2.24, 2.45) is 7.05 Å². The molecule has 5 nitrogen and oxygen atoms in total. The lowest BCUT2D eigenvalue weighted by atomic mass is 10.2. The average Bonchev–Trinajstić information content (AvgIpc) is 3.12. The topological polar surface area (TPSA) is 39.5 Å². The Hall–Kier alpha value is -3.21. The molecule has 0 bridgehead atoms. The SMILES string of the molecule is Cn1ccnc1CN(C/C=C/c1ccccc1)c1ccc2c(c1)OCCO2. The molecule has 4 rings (SSSR count). The average molecular weight is 361 g/mol. The molecule has 0 saturated carbocycles. The molecule has 1 aliphatic heterocycles. The number of aromatic nitrogens is 2. The van der Waals surface area contributed by atoms with Crippen LogP contribution in [0.2, 0.25) is 0 Å². The molecule has 0 spiro atoms. The van der Waals surface area contributed by atoms with E-state index >= 15 is 0 Å². The van der Waals surface area contributed by atoms with Crippen LogP contribution in [-0.2, 0) is 13.6 Å². The fourth-order valence-corrected chi connectivity index (χ4v) is 3.09. The van der Waals surface area contributed by atoms with Gasteiger partial charge in [-0.1, -0.05) is 42.5 Å². The van der Waals surface area contributed by atoms with Gasteiger partial charge in [0.05, 0.1) is 6.54 Å². The maximum Gasteiger partial charge on any atom is 0.163 e. The largest absolute Gasteiger partial charge is 0.486 e. The molecule has 5 heteroatoms. The van der Waals surface area contributed by atoms with Crippen LogP contribution in [0, 0.1) is 0 Å². The quantitative estimate of drug-likeness (QED) is 0.667. The van der Waals surface area contributed by atoms with Crippen molar-refractivity contribution in [3.05, 3.63) is 78.4 Å². The summed E-state index contributed by atoms with van der Waals surface area (Å²) in [6, 6.07) is 16.4. The van der Waals surface area contributed by atoms with E-state index in [-0.39, 0.29) is 0 Å². The van der Waals surface area contributed by atoms with Crippen LogP contribution in [0.15, 0.2) is 67.0 Å². The van der Waals surface area contributed by atoms with Crippen LogP contribution in [0.4, 0.5) is 5.69 Å². The van der Waals surface area contributed by atoms with Crippen molar-refractivity contribution in [1.82, 2.24) is 9.55 Å². The molecular formula is C22H23N3O2. The van der Waals surface area contributed by atoms with Gasteiger partial charge in [0.1, 0.15) is 19.0 Å². The van der Waals surface area contributed by atoms with E-state index in [1.54, 1.807) is 0 Å². The summed E-state index contributed by atoms with van der Waals surface area (Å²) in [6.45, 7) is 2.66. The first kappa shape index (κ1) is 17.2. The van der Waals surface area contributed by atoms with Gasteiger partial charge in [-0.05, 0) is 17.7 Å². The zero-order chi connectivity index (χ0) is 18.5. The third-order valence-corrected chi connectivity index (χ3v) is 4.58. The smallest absolute Gasteiger partial charge is 0.163 e. The molecule has 1 aliphatic rings.